The van der Waals surface area contributed by atoms with Crippen LogP contribution in [0.15, 0.2) is 24.3 Å². The molecule has 7 heteroatoms. The third-order valence-corrected chi connectivity index (χ3v) is 6.15. The topological polar surface area (TPSA) is 64.4 Å². The lowest BCUT2D eigenvalue weighted by Gasteiger charge is -2.38. The molecule has 1 aliphatic carbocycles. The van der Waals surface area contributed by atoms with Gasteiger partial charge in [-0.25, -0.2) is 0 Å². The van der Waals surface area contributed by atoms with Crippen molar-refractivity contribution in [3.05, 3.63) is 35.4 Å². The summed E-state index contributed by atoms with van der Waals surface area (Å²) in [6.07, 6.45) is -0.440. The molecular formula is C20H27F3N2O2. The quantitative estimate of drug-likeness (QED) is 0.819. The van der Waals surface area contributed by atoms with Gasteiger partial charge in [-0.05, 0) is 49.8 Å². The molecule has 3 rings (SSSR count). The molecule has 2 aliphatic rings. The predicted octanol–water partition coefficient (Wildman–Crippen LogP) is 3.24. The zero-order valence-corrected chi connectivity index (χ0v) is 15.4. The molecule has 1 aromatic rings. The number of halogens is 3. The van der Waals surface area contributed by atoms with E-state index in [1.54, 1.807) is 6.07 Å². The Hall–Kier alpha value is -1.60. The maximum Gasteiger partial charge on any atom is 0.416 e. The Balaban J connectivity index is 1.78. The highest BCUT2D eigenvalue weighted by Gasteiger charge is 2.39. The highest BCUT2D eigenvalue weighted by Crippen LogP contribution is 2.38. The number of alkyl halides is 3. The summed E-state index contributed by atoms with van der Waals surface area (Å²) in [5.74, 6) is 0.0818. The van der Waals surface area contributed by atoms with E-state index >= 15 is 0 Å². The summed E-state index contributed by atoms with van der Waals surface area (Å²) in [5.41, 5.74) is 5.19. The van der Waals surface area contributed by atoms with Crippen LogP contribution in [0.3, 0.4) is 0 Å². The molecule has 150 valence electrons. The van der Waals surface area contributed by atoms with Crippen molar-refractivity contribution < 1.29 is 22.7 Å². The SMILES string of the molecule is NC[C@H]1CCC[C@H]1C(=O)NCC1(c2cccc(C(F)(F)F)c2)CCOCC1. The van der Waals surface area contributed by atoms with Crippen molar-refractivity contribution >= 4 is 5.91 Å². The van der Waals surface area contributed by atoms with E-state index in [2.05, 4.69) is 5.32 Å². The van der Waals surface area contributed by atoms with Crippen molar-refractivity contribution in [2.24, 2.45) is 17.6 Å². The summed E-state index contributed by atoms with van der Waals surface area (Å²) in [7, 11) is 0. The van der Waals surface area contributed by atoms with E-state index in [1.807, 2.05) is 0 Å². The molecule has 0 spiro atoms. The van der Waals surface area contributed by atoms with Gasteiger partial charge in [-0.2, -0.15) is 13.2 Å². The summed E-state index contributed by atoms with van der Waals surface area (Å²) in [5, 5.41) is 3.02. The number of hydrogen-bond donors (Lipinski definition) is 2. The zero-order valence-electron chi connectivity index (χ0n) is 15.4. The predicted molar refractivity (Wildman–Crippen MR) is 96.1 cm³/mol. The van der Waals surface area contributed by atoms with E-state index in [-0.39, 0.29) is 17.7 Å². The Labute approximate surface area is 157 Å². The number of nitrogens with two attached hydrogens (primary N) is 1. The first-order valence-corrected chi connectivity index (χ1v) is 9.59. The lowest BCUT2D eigenvalue weighted by molar-refractivity contribution is -0.137. The van der Waals surface area contributed by atoms with Gasteiger partial charge in [-0.3, -0.25) is 4.79 Å². The molecule has 0 radical (unpaired) electrons. The average Bonchev–Trinajstić information content (AvgIpc) is 3.15. The van der Waals surface area contributed by atoms with E-state index < -0.39 is 17.2 Å². The number of carbonyl (C=O) groups excluding carboxylic acids is 1. The van der Waals surface area contributed by atoms with Crippen molar-refractivity contribution in [3.8, 4) is 0 Å². The van der Waals surface area contributed by atoms with Gasteiger partial charge in [0.15, 0.2) is 0 Å². The van der Waals surface area contributed by atoms with Crippen LogP contribution in [0.2, 0.25) is 0 Å². The van der Waals surface area contributed by atoms with Crippen LogP contribution in [0.5, 0.6) is 0 Å². The Morgan fingerprint density at radius 3 is 2.67 bits per heavy atom. The highest BCUT2D eigenvalue weighted by molar-refractivity contribution is 5.79. The van der Waals surface area contributed by atoms with Gasteiger partial charge in [-0.1, -0.05) is 24.6 Å². The van der Waals surface area contributed by atoms with Crippen molar-refractivity contribution in [2.75, 3.05) is 26.3 Å². The zero-order chi connectivity index (χ0) is 19.5. The molecule has 1 aromatic carbocycles. The first-order chi connectivity index (χ1) is 12.9. The highest BCUT2D eigenvalue weighted by atomic mass is 19.4. The fourth-order valence-electron chi connectivity index (χ4n) is 4.41. The summed E-state index contributed by atoms with van der Waals surface area (Å²) in [4.78, 5) is 12.7. The lowest BCUT2D eigenvalue weighted by Crippen LogP contribution is -2.46. The minimum Gasteiger partial charge on any atom is -0.381 e. The van der Waals surface area contributed by atoms with Gasteiger partial charge in [0.05, 0.1) is 5.56 Å². The summed E-state index contributed by atoms with van der Waals surface area (Å²) in [6.45, 7) is 1.76. The number of carbonyl (C=O) groups is 1. The largest absolute Gasteiger partial charge is 0.416 e. The maximum absolute atomic E-state index is 13.2. The van der Waals surface area contributed by atoms with Crippen molar-refractivity contribution in [2.45, 2.75) is 43.7 Å². The van der Waals surface area contributed by atoms with Crippen LogP contribution in [0.1, 0.15) is 43.2 Å². The first kappa shape index (κ1) is 20.1. The van der Waals surface area contributed by atoms with Gasteiger partial charge < -0.3 is 15.8 Å². The lowest BCUT2D eigenvalue weighted by atomic mass is 9.73. The van der Waals surface area contributed by atoms with Crippen molar-refractivity contribution in [1.29, 1.82) is 0 Å². The fourth-order valence-corrected chi connectivity index (χ4v) is 4.41. The van der Waals surface area contributed by atoms with E-state index in [9.17, 15) is 18.0 Å². The van der Waals surface area contributed by atoms with Gasteiger partial charge in [0.1, 0.15) is 0 Å². The van der Waals surface area contributed by atoms with Gasteiger partial charge in [0, 0.05) is 31.1 Å². The second-order valence-corrected chi connectivity index (χ2v) is 7.72. The van der Waals surface area contributed by atoms with Crippen molar-refractivity contribution in [3.63, 3.8) is 0 Å². The van der Waals surface area contributed by atoms with Crippen LogP contribution in [-0.4, -0.2) is 32.2 Å². The molecule has 1 aliphatic heterocycles. The molecule has 1 saturated heterocycles. The monoisotopic (exact) mass is 384 g/mol. The molecule has 0 bridgehead atoms. The molecule has 1 amide bonds. The molecule has 27 heavy (non-hydrogen) atoms. The number of ether oxygens (including phenoxy) is 1. The third kappa shape index (κ3) is 4.46. The van der Waals surface area contributed by atoms with Crippen LogP contribution in [-0.2, 0) is 21.1 Å². The Morgan fingerprint density at radius 2 is 2.00 bits per heavy atom. The normalized spacial score (nSPS) is 25.3. The fraction of sp³-hybridized carbons (Fsp3) is 0.650. The Bertz CT molecular complexity index is 657. The van der Waals surface area contributed by atoms with Gasteiger partial charge in [-0.15, -0.1) is 0 Å². The second-order valence-electron chi connectivity index (χ2n) is 7.72. The third-order valence-electron chi connectivity index (χ3n) is 6.15. The molecule has 1 heterocycles. The molecule has 4 nitrogen and oxygen atoms in total. The Kier molecular flexibility index (Phi) is 6.11. The number of nitrogens with one attached hydrogen (secondary N) is 1. The van der Waals surface area contributed by atoms with Crippen LogP contribution in [0.4, 0.5) is 13.2 Å². The maximum atomic E-state index is 13.2. The van der Waals surface area contributed by atoms with E-state index in [4.69, 9.17) is 10.5 Å². The number of benzene rings is 1. The minimum absolute atomic E-state index is 0.0270. The molecule has 2 atom stereocenters. The Morgan fingerprint density at radius 1 is 1.26 bits per heavy atom. The molecule has 1 saturated carbocycles. The van der Waals surface area contributed by atoms with Crippen LogP contribution in [0.25, 0.3) is 0 Å². The second kappa shape index (κ2) is 8.19. The van der Waals surface area contributed by atoms with Crippen LogP contribution in [0, 0.1) is 11.8 Å². The van der Waals surface area contributed by atoms with Gasteiger partial charge >= 0.3 is 6.18 Å². The number of hydrogen-bond acceptors (Lipinski definition) is 3. The number of rotatable bonds is 5. The standard InChI is InChI=1S/C20H27F3N2O2/c21-20(22,23)16-5-2-4-15(11-16)19(7-9-27-10-8-19)13-25-18(26)17-6-1-3-14(17)12-24/h2,4-5,11,14,17H,1,3,6-10,12-13,24H2,(H,25,26)/t14-,17-/m1/s1. The first-order valence-electron chi connectivity index (χ1n) is 9.59. The minimum atomic E-state index is -4.39. The molecular weight excluding hydrogens is 357 g/mol. The molecule has 2 fully saturated rings. The van der Waals surface area contributed by atoms with Crippen LogP contribution >= 0.6 is 0 Å². The molecule has 0 aromatic heterocycles. The molecule has 3 N–H and O–H groups in total. The van der Waals surface area contributed by atoms with Gasteiger partial charge in [0.25, 0.3) is 0 Å². The van der Waals surface area contributed by atoms with Crippen molar-refractivity contribution in [1.82, 2.24) is 5.32 Å². The van der Waals surface area contributed by atoms with E-state index in [0.717, 1.165) is 25.3 Å². The summed E-state index contributed by atoms with van der Waals surface area (Å²) < 4.78 is 44.9. The summed E-state index contributed by atoms with van der Waals surface area (Å²) >= 11 is 0. The van der Waals surface area contributed by atoms with E-state index in [0.29, 0.717) is 44.7 Å². The average molecular weight is 384 g/mol. The van der Waals surface area contributed by atoms with E-state index in [1.165, 1.54) is 12.1 Å². The molecule has 0 unspecified atom stereocenters. The smallest absolute Gasteiger partial charge is 0.381 e. The summed E-state index contributed by atoms with van der Waals surface area (Å²) in [6, 6.07) is 5.47. The van der Waals surface area contributed by atoms with Gasteiger partial charge in [0.2, 0.25) is 5.91 Å². The van der Waals surface area contributed by atoms with Crippen LogP contribution < -0.4 is 11.1 Å². The number of amides is 1.